The quantitative estimate of drug-likeness (QED) is 0.944. The molecule has 0 unspecified atom stereocenters. The molecule has 2 N–H and O–H groups in total. The van der Waals surface area contributed by atoms with Gasteiger partial charge in [-0.3, -0.25) is 0 Å². The highest BCUT2D eigenvalue weighted by Gasteiger charge is 2.05. The zero-order valence-corrected chi connectivity index (χ0v) is 10.9. The molecule has 2 heterocycles. The van der Waals surface area contributed by atoms with E-state index in [4.69, 9.17) is 10.5 Å². The smallest absolute Gasteiger partial charge is 0.218 e. The number of nitrogens with two attached hydrogens (primary N) is 1. The van der Waals surface area contributed by atoms with Crippen LogP contribution in [0.3, 0.4) is 0 Å². The van der Waals surface area contributed by atoms with Crippen molar-refractivity contribution < 1.29 is 4.74 Å². The van der Waals surface area contributed by atoms with Gasteiger partial charge in [0.15, 0.2) is 0 Å². The molecular formula is C11H11BrN2OS. The van der Waals surface area contributed by atoms with Crippen molar-refractivity contribution in [3.05, 3.63) is 44.7 Å². The van der Waals surface area contributed by atoms with Gasteiger partial charge in [-0.05, 0) is 33.4 Å². The van der Waals surface area contributed by atoms with Gasteiger partial charge in [0.1, 0.15) is 6.61 Å². The third kappa shape index (κ3) is 2.81. The number of hydrogen-bond donors (Lipinski definition) is 1. The molecule has 0 aliphatic carbocycles. The topological polar surface area (TPSA) is 48.1 Å². The van der Waals surface area contributed by atoms with Crippen LogP contribution >= 0.6 is 27.3 Å². The molecule has 0 bridgehead atoms. The number of aromatic nitrogens is 1. The van der Waals surface area contributed by atoms with E-state index in [1.807, 2.05) is 23.6 Å². The van der Waals surface area contributed by atoms with Crippen molar-refractivity contribution in [3.8, 4) is 5.88 Å². The van der Waals surface area contributed by atoms with Gasteiger partial charge in [0.05, 0.1) is 0 Å². The molecule has 0 aliphatic rings. The van der Waals surface area contributed by atoms with E-state index in [9.17, 15) is 0 Å². The van der Waals surface area contributed by atoms with Gasteiger partial charge in [-0.25, -0.2) is 4.98 Å². The second-order valence-corrected chi connectivity index (χ2v) is 5.14. The van der Waals surface area contributed by atoms with E-state index in [0.717, 1.165) is 10.0 Å². The lowest BCUT2D eigenvalue weighted by atomic mass is 10.3. The van der Waals surface area contributed by atoms with E-state index in [-0.39, 0.29) is 0 Å². The lowest BCUT2D eigenvalue weighted by molar-refractivity contribution is 0.293. The molecule has 2 aromatic rings. The van der Waals surface area contributed by atoms with Crippen LogP contribution in [0.2, 0.25) is 0 Å². The number of halogens is 1. The Morgan fingerprint density at radius 3 is 3.06 bits per heavy atom. The zero-order chi connectivity index (χ0) is 11.4. The molecule has 0 radical (unpaired) electrons. The Kier molecular flexibility index (Phi) is 3.93. The standard InChI is InChI=1S/C11H11BrN2OS/c12-9-4-8(5-13)11(14-6-9)15-7-10-2-1-3-16-10/h1-4,6H,5,7,13H2. The Morgan fingerprint density at radius 2 is 2.38 bits per heavy atom. The summed E-state index contributed by atoms with van der Waals surface area (Å²) in [5.74, 6) is 0.610. The molecule has 5 heteroatoms. The Morgan fingerprint density at radius 1 is 1.50 bits per heavy atom. The maximum absolute atomic E-state index is 5.63. The number of rotatable bonds is 4. The molecule has 3 nitrogen and oxygen atoms in total. The van der Waals surface area contributed by atoms with E-state index < -0.39 is 0 Å². The number of hydrogen-bond acceptors (Lipinski definition) is 4. The highest BCUT2D eigenvalue weighted by molar-refractivity contribution is 9.10. The first-order valence-electron chi connectivity index (χ1n) is 4.79. The van der Waals surface area contributed by atoms with E-state index >= 15 is 0 Å². The number of ether oxygens (including phenoxy) is 1. The number of nitrogens with zero attached hydrogens (tertiary/aromatic N) is 1. The van der Waals surface area contributed by atoms with Crippen molar-refractivity contribution >= 4 is 27.3 Å². The summed E-state index contributed by atoms with van der Waals surface area (Å²) >= 11 is 5.02. The minimum Gasteiger partial charge on any atom is -0.472 e. The fourth-order valence-electron chi connectivity index (χ4n) is 1.28. The summed E-state index contributed by atoms with van der Waals surface area (Å²) in [6.07, 6.45) is 1.71. The average molecular weight is 299 g/mol. The van der Waals surface area contributed by atoms with Crippen LogP contribution in [0.25, 0.3) is 0 Å². The molecule has 0 saturated heterocycles. The van der Waals surface area contributed by atoms with Gasteiger partial charge in [0.2, 0.25) is 5.88 Å². The molecule has 2 rings (SSSR count). The SMILES string of the molecule is NCc1cc(Br)cnc1OCc1cccs1. The van der Waals surface area contributed by atoms with Crippen molar-refractivity contribution in [1.82, 2.24) is 4.98 Å². The van der Waals surface area contributed by atoms with E-state index in [1.165, 1.54) is 4.88 Å². The summed E-state index contributed by atoms with van der Waals surface area (Å²) < 4.78 is 6.54. The molecule has 0 amide bonds. The Balaban J connectivity index is 2.09. The summed E-state index contributed by atoms with van der Waals surface area (Å²) in [5, 5.41) is 2.03. The Bertz CT molecular complexity index is 459. The first-order chi connectivity index (χ1) is 7.79. The van der Waals surface area contributed by atoms with Crippen LogP contribution in [0.5, 0.6) is 5.88 Å². The van der Waals surface area contributed by atoms with Crippen molar-refractivity contribution in [3.63, 3.8) is 0 Å². The van der Waals surface area contributed by atoms with Gasteiger partial charge >= 0.3 is 0 Å². The second kappa shape index (κ2) is 5.43. The third-order valence-corrected chi connectivity index (χ3v) is 3.33. The Hall–Kier alpha value is -0.910. The normalized spacial score (nSPS) is 10.4. The summed E-state index contributed by atoms with van der Waals surface area (Å²) in [4.78, 5) is 5.38. The lowest BCUT2D eigenvalue weighted by Crippen LogP contribution is -2.03. The van der Waals surface area contributed by atoms with Gasteiger partial charge in [0.25, 0.3) is 0 Å². The van der Waals surface area contributed by atoms with Crippen LogP contribution in [-0.4, -0.2) is 4.98 Å². The Labute approximate surface area is 106 Å². The van der Waals surface area contributed by atoms with Crippen molar-refractivity contribution in [2.75, 3.05) is 0 Å². The molecule has 2 aromatic heterocycles. The van der Waals surface area contributed by atoms with Crippen LogP contribution in [0.15, 0.2) is 34.2 Å². The highest BCUT2D eigenvalue weighted by Crippen LogP contribution is 2.21. The molecule has 16 heavy (non-hydrogen) atoms. The van der Waals surface area contributed by atoms with Crippen molar-refractivity contribution in [2.45, 2.75) is 13.2 Å². The minimum absolute atomic E-state index is 0.423. The summed E-state index contributed by atoms with van der Waals surface area (Å²) in [5.41, 5.74) is 6.54. The second-order valence-electron chi connectivity index (χ2n) is 3.19. The molecule has 0 aromatic carbocycles. The minimum atomic E-state index is 0.423. The van der Waals surface area contributed by atoms with Gasteiger partial charge in [0, 0.05) is 27.7 Å². The van der Waals surface area contributed by atoms with E-state index in [0.29, 0.717) is 19.0 Å². The van der Waals surface area contributed by atoms with Gasteiger partial charge in [-0.1, -0.05) is 6.07 Å². The number of thiophene rings is 1. The van der Waals surface area contributed by atoms with Crippen LogP contribution in [0.4, 0.5) is 0 Å². The molecule has 0 atom stereocenters. The lowest BCUT2D eigenvalue weighted by Gasteiger charge is -2.08. The average Bonchev–Trinajstić information content (AvgIpc) is 2.80. The molecule has 0 spiro atoms. The summed E-state index contributed by atoms with van der Waals surface area (Å²) in [7, 11) is 0. The molecule has 0 saturated carbocycles. The van der Waals surface area contributed by atoms with E-state index in [1.54, 1.807) is 17.5 Å². The molecule has 0 aliphatic heterocycles. The summed E-state index contributed by atoms with van der Waals surface area (Å²) in [6, 6.07) is 5.96. The fraction of sp³-hybridized carbons (Fsp3) is 0.182. The summed E-state index contributed by atoms with van der Waals surface area (Å²) in [6.45, 7) is 0.964. The number of pyridine rings is 1. The van der Waals surface area contributed by atoms with Crippen LogP contribution in [-0.2, 0) is 13.2 Å². The first-order valence-corrected chi connectivity index (χ1v) is 6.46. The molecule has 84 valence electrons. The fourth-order valence-corrected chi connectivity index (χ4v) is 2.27. The van der Waals surface area contributed by atoms with E-state index in [2.05, 4.69) is 20.9 Å². The van der Waals surface area contributed by atoms with Gasteiger partial charge in [-0.15, -0.1) is 11.3 Å². The van der Waals surface area contributed by atoms with Crippen LogP contribution < -0.4 is 10.5 Å². The van der Waals surface area contributed by atoms with Crippen molar-refractivity contribution in [2.24, 2.45) is 5.73 Å². The maximum atomic E-state index is 5.63. The third-order valence-electron chi connectivity index (χ3n) is 2.04. The van der Waals surface area contributed by atoms with Crippen LogP contribution in [0, 0.1) is 0 Å². The monoisotopic (exact) mass is 298 g/mol. The first kappa shape index (κ1) is 11.6. The maximum Gasteiger partial charge on any atom is 0.218 e. The molecular weight excluding hydrogens is 288 g/mol. The van der Waals surface area contributed by atoms with Gasteiger partial charge < -0.3 is 10.5 Å². The van der Waals surface area contributed by atoms with Crippen LogP contribution in [0.1, 0.15) is 10.4 Å². The van der Waals surface area contributed by atoms with Crippen molar-refractivity contribution in [1.29, 1.82) is 0 Å². The zero-order valence-electron chi connectivity index (χ0n) is 8.52. The van der Waals surface area contributed by atoms with Gasteiger partial charge in [-0.2, -0.15) is 0 Å². The predicted molar refractivity (Wildman–Crippen MR) is 68.5 cm³/mol. The predicted octanol–water partition coefficient (Wildman–Crippen LogP) is 2.94. The highest BCUT2D eigenvalue weighted by atomic mass is 79.9. The largest absolute Gasteiger partial charge is 0.472 e. The molecule has 0 fully saturated rings.